The van der Waals surface area contributed by atoms with Crippen LogP contribution in [0.4, 0.5) is 4.39 Å². The summed E-state index contributed by atoms with van der Waals surface area (Å²) in [6.07, 6.45) is 0. The van der Waals surface area contributed by atoms with E-state index in [9.17, 15) is 4.39 Å². The van der Waals surface area contributed by atoms with Crippen LogP contribution in [-0.2, 0) is 0 Å². The second-order valence-electron chi connectivity index (χ2n) is 4.94. The third-order valence-electron chi connectivity index (χ3n) is 3.27. The molecule has 21 heavy (non-hydrogen) atoms. The van der Waals surface area contributed by atoms with Gasteiger partial charge in [-0.1, -0.05) is 11.6 Å². The lowest BCUT2D eigenvalue weighted by Gasteiger charge is -2.08. The molecule has 2 nitrogen and oxygen atoms in total. The standard InChI is InChI=1S/C16H11BrClFN2/c1-8-5-11-14(12(17)6-8)20-16(21-15(11)18)10-3-4-13(19)9(2)7-10/h3-7H,1-2H3. The Kier molecular flexibility index (Phi) is 3.68. The number of benzene rings is 2. The van der Waals surface area contributed by atoms with Crippen LogP contribution in [0.5, 0.6) is 0 Å². The number of aryl methyl sites for hydroxylation is 2. The van der Waals surface area contributed by atoms with E-state index in [4.69, 9.17) is 11.6 Å². The largest absolute Gasteiger partial charge is 0.227 e. The van der Waals surface area contributed by atoms with Crippen LogP contribution in [0.15, 0.2) is 34.8 Å². The van der Waals surface area contributed by atoms with Gasteiger partial charge in [0.1, 0.15) is 11.0 Å². The zero-order valence-corrected chi connectivity index (χ0v) is 13.8. The van der Waals surface area contributed by atoms with Crippen LogP contribution in [0.25, 0.3) is 22.3 Å². The molecule has 0 saturated carbocycles. The molecule has 0 aliphatic rings. The lowest BCUT2D eigenvalue weighted by atomic mass is 10.1. The monoisotopic (exact) mass is 364 g/mol. The van der Waals surface area contributed by atoms with Crippen molar-refractivity contribution >= 4 is 38.4 Å². The van der Waals surface area contributed by atoms with E-state index in [1.54, 1.807) is 19.1 Å². The quantitative estimate of drug-likeness (QED) is 0.534. The molecule has 2 aromatic carbocycles. The molecule has 106 valence electrons. The molecule has 0 atom stereocenters. The van der Waals surface area contributed by atoms with E-state index in [2.05, 4.69) is 25.9 Å². The molecule has 5 heteroatoms. The van der Waals surface area contributed by atoms with Crippen LogP contribution in [0.3, 0.4) is 0 Å². The van der Waals surface area contributed by atoms with E-state index in [1.165, 1.54) is 6.07 Å². The van der Waals surface area contributed by atoms with E-state index in [0.717, 1.165) is 26.5 Å². The summed E-state index contributed by atoms with van der Waals surface area (Å²) in [4.78, 5) is 8.89. The molecule has 0 spiro atoms. The minimum Gasteiger partial charge on any atom is -0.227 e. The van der Waals surface area contributed by atoms with Crippen molar-refractivity contribution in [3.63, 3.8) is 0 Å². The SMILES string of the molecule is Cc1cc(Br)c2nc(-c3ccc(F)c(C)c3)nc(Cl)c2c1. The van der Waals surface area contributed by atoms with Crippen molar-refractivity contribution in [2.75, 3.05) is 0 Å². The highest BCUT2D eigenvalue weighted by molar-refractivity contribution is 9.10. The topological polar surface area (TPSA) is 25.8 Å². The normalized spacial score (nSPS) is 11.1. The molecule has 0 aliphatic carbocycles. The Balaban J connectivity index is 2.27. The first-order valence-corrected chi connectivity index (χ1v) is 7.53. The Labute approximate surface area is 135 Å². The van der Waals surface area contributed by atoms with Gasteiger partial charge in [0, 0.05) is 15.4 Å². The Morgan fingerprint density at radius 1 is 1.10 bits per heavy atom. The van der Waals surface area contributed by atoms with Gasteiger partial charge >= 0.3 is 0 Å². The second kappa shape index (κ2) is 5.35. The van der Waals surface area contributed by atoms with Gasteiger partial charge < -0.3 is 0 Å². The molecule has 0 fully saturated rings. The highest BCUT2D eigenvalue weighted by Crippen LogP contribution is 2.31. The van der Waals surface area contributed by atoms with Crippen LogP contribution in [0.2, 0.25) is 5.15 Å². The summed E-state index contributed by atoms with van der Waals surface area (Å²) in [5, 5.41) is 1.19. The maximum absolute atomic E-state index is 13.4. The first-order valence-electron chi connectivity index (χ1n) is 6.35. The fourth-order valence-electron chi connectivity index (χ4n) is 2.20. The van der Waals surface area contributed by atoms with Gasteiger partial charge in [-0.3, -0.25) is 0 Å². The van der Waals surface area contributed by atoms with Gasteiger partial charge in [0.05, 0.1) is 5.52 Å². The van der Waals surface area contributed by atoms with Gasteiger partial charge in [0.2, 0.25) is 0 Å². The van der Waals surface area contributed by atoms with E-state index in [0.29, 0.717) is 16.5 Å². The minimum absolute atomic E-state index is 0.248. The van der Waals surface area contributed by atoms with Crippen molar-refractivity contribution in [2.45, 2.75) is 13.8 Å². The molecule has 3 rings (SSSR count). The van der Waals surface area contributed by atoms with Crippen molar-refractivity contribution in [1.29, 1.82) is 0 Å². The summed E-state index contributed by atoms with van der Waals surface area (Å²) >= 11 is 9.79. The predicted molar refractivity (Wildman–Crippen MR) is 87.1 cm³/mol. The summed E-state index contributed by atoms with van der Waals surface area (Å²) in [7, 11) is 0. The molecule has 0 radical (unpaired) electrons. The average molecular weight is 366 g/mol. The summed E-state index contributed by atoms with van der Waals surface area (Å²) in [5.41, 5.74) is 3.11. The van der Waals surface area contributed by atoms with Crippen molar-refractivity contribution in [3.05, 3.63) is 56.9 Å². The Morgan fingerprint density at radius 3 is 2.57 bits per heavy atom. The van der Waals surface area contributed by atoms with Gasteiger partial charge in [0.15, 0.2) is 5.82 Å². The number of rotatable bonds is 1. The maximum Gasteiger partial charge on any atom is 0.161 e. The third kappa shape index (κ3) is 2.65. The van der Waals surface area contributed by atoms with Crippen LogP contribution < -0.4 is 0 Å². The Morgan fingerprint density at radius 2 is 1.86 bits per heavy atom. The molecular formula is C16H11BrClFN2. The Bertz CT molecular complexity index is 865. The van der Waals surface area contributed by atoms with Crippen LogP contribution in [-0.4, -0.2) is 9.97 Å². The first-order chi connectivity index (χ1) is 9.95. The van der Waals surface area contributed by atoms with Gasteiger partial charge in [-0.25, -0.2) is 14.4 Å². The number of nitrogens with zero attached hydrogens (tertiary/aromatic N) is 2. The summed E-state index contributed by atoms with van der Waals surface area (Å²) in [6, 6.07) is 8.71. The third-order valence-corrected chi connectivity index (χ3v) is 4.16. The number of hydrogen-bond donors (Lipinski definition) is 0. The van der Waals surface area contributed by atoms with E-state index >= 15 is 0 Å². The summed E-state index contributed by atoms with van der Waals surface area (Å²) in [5.74, 6) is 0.239. The lowest BCUT2D eigenvalue weighted by molar-refractivity contribution is 0.618. The van der Waals surface area contributed by atoms with Crippen molar-refractivity contribution in [3.8, 4) is 11.4 Å². The van der Waals surface area contributed by atoms with Crippen molar-refractivity contribution < 1.29 is 4.39 Å². The maximum atomic E-state index is 13.4. The smallest absolute Gasteiger partial charge is 0.161 e. The number of halogens is 3. The lowest BCUT2D eigenvalue weighted by Crippen LogP contribution is -1.94. The van der Waals surface area contributed by atoms with E-state index in [-0.39, 0.29) is 5.82 Å². The van der Waals surface area contributed by atoms with Gasteiger partial charge in [-0.15, -0.1) is 0 Å². The molecule has 1 aromatic heterocycles. The van der Waals surface area contributed by atoms with Crippen LogP contribution >= 0.6 is 27.5 Å². The van der Waals surface area contributed by atoms with Crippen LogP contribution in [0.1, 0.15) is 11.1 Å². The molecule has 0 amide bonds. The molecule has 1 heterocycles. The van der Waals surface area contributed by atoms with Gasteiger partial charge in [-0.2, -0.15) is 0 Å². The predicted octanol–water partition coefficient (Wildman–Crippen LogP) is 5.47. The average Bonchev–Trinajstić information content (AvgIpc) is 2.43. The summed E-state index contributed by atoms with van der Waals surface area (Å²) in [6.45, 7) is 3.69. The number of fused-ring (bicyclic) bond motifs is 1. The highest BCUT2D eigenvalue weighted by atomic mass is 79.9. The van der Waals surface area contributed by atoms with Gasteiger partial charge in [-0.05, 0) is 71.2 Å². The fourth-order valence-corrected chi connectivity index (χ4v) is 3.09. The highest BCUT2D eigenvalue weighted by Gasteiger charge is 2.12. The van der Waals surface area contributed by atoms with Crippen molar-refractivity contribution in [2.24, 2.45) is 0 Å². The zero-order chi connectivity index (χ0) is 15.1. The number of hydrogen-bond acceptors (Lipinski definition) is 2. The summed E-state index contributed by atoms with van der Waals surface area (Å²) < 4.78 is 14.2. The van der Waals surface area contributed by atoms with Gasteiger partial charge in [0.25, 0.3) is 0 Å². The molecule has 0 N–H and O–H groups in total. The fraction of sp³-hybridized carbons (Fsp3) is 0.125. The molecular weight excluding hydrogens is 355 g/mol. The van der Waals surface area contributed by atoms with E-state index < -0.39 is 0 Å². The first kappa shape index (κ1) is 14.4. The molecule has 0 aliphatic heterocycles. The molecule has 0 unspecified atom stereocenters. The Hall–Kier alpha value is -1.52. The minimum atomic E-state index is -0.248. The zero-order valence-electron chi connectivity index (χ0n) is 11.4. The second-order valence-corrected chi connectivity index (χ2v) is 6.16. The molecule has 0 saturated heterocycles. The van der Waals surface area contributed by atoms with Crippen LogP contribution in [0, 0.1) is 19.7 Å². The van der Waals surface area contributed by atoms with Crippen molar-refractivity contribution in [1.82, 2.24) is 9.97 Å². The number of aromatic nitrogens is 2. The van der Waals surface area contributed by atoms with E-state index in [1.807, 2.05) is 19.1 Å². The molecule has 3 aromatic rings. The molecule has 0 bridgehead atoms.